The third-order valence-corrected chi connectivity index (χ3v) is 6.15. The molecule has 0 amide bonds. The van der Waals surface area contributed by atoms with Crippen molar-refractivity contribution in [3.63, 3.8) is 0 Å². The van der Waals surface area contributed by atoms with Gasteiger partial charge in [0.25, 0.3) is 0 Å². The second-order valence-corrected chi connectivity index (χ2v) is 9.27. The van der Waals surface area contributed by atoms with Crippen LogP contribution in [0.2, 0.25) is 0 Å². The second kappa shape index (κ2) is 8.14. The number of aromatic amines is 1. The zero-order valence-electron chi connectivity index (χ0n) is 18.9. The fourth-order valence-corrected chi connectivity index (χ4v) is 4.41. The van der Waals surface area contributed by atoms with Crippen LogP contribution >= 0.6 is 0 Å². The monoisotopic (exact) mass is 434 g/mol. The Bertz CT molecular complexity index is 1210. The molecule has 4 aromatic heterocycles. The minimum atomic E-state index is -0.833. The van der Waals surface area contributed by atoms with E-state index in [2.05, 4.69) is 42.9 Å². The summed E-state index contributed by atoms with van der Waals surface area (Å²) in [4.78, 5) is 15.2. The van der Waals surface area contributed by atoms with Crippen molar-refractivity contribution in [2.45, 2.75) is 51.8 Å². The van der Waals surface area contributed by atoms with Crippen molar-refractivity contribution in [3.8, 4) is 22.4 Å². The Morgan fingerprint density at radius 3 is 2.62 bits per heavy atom. The van der Waals surface area contributed by atoms with Gasteiger partial charge in [0, 0.05) is 48.4 Å². The topological polar surface area (TPSA) is 101 Å². The Hall–Kier alpha value is -3.04. The van der Waals surface area contributed by atoms with E-state index in [0.717, 1.165) is 66.0 Å². The Balaban J connectivity index is 1.41. The number of likely N-dealkylation sites (tertiary alicyclic amines) is 1. The molecule has 168 valence electrons. The van der Waals surface area contributed by atoms with Crippen LogP contribution in [0.4, 0.5) is 0 Å². The molecule has 0 spiro atoms. The lowest BCUT2D eigenvalue weighted by atomic mass is 10.1. The molecule has 9 heteroatoms. The number of hydrogen-bond donors (Lipinski definition) is 2. The van der Waals surface area contributed by atoms with Crippen LogP contribution in [0.1, 0.15) is 39.7 Å². The standard InChI is InChI=1S/C23H30N8O/c1-4-29-7-5-18(6-8-29)31-14-16(9-27-31)19-11-24-22-21(19)28-20(12-25-22)17-10-26-30(13-17)15-23(2,3)32/h9-14,18,32H,4-8,15H2,1-3H3,(H,24,25). The summed E-state index contributed by atoms with van der Waals surface area (Å²) in [5, 5.41) is 19.1. The molecule has 32 heavy (non-hydrogen) atoms. The number of aromatic nitrogens is 7. The van der Waals surface area contributed by atoms with Crippen molar-refractivity contribution in [1.29, 1.82) is 0 Å². The van der Waals surface area contributed by atoms with Gasteiger partial charge in [0.2, 0.25) is 0 Å². The molecular formula is C23H30N8O. The Morgan fingerprint density at radius 1 is 1.09 bits per heavy atom. The molecule has 1 fully saturated rings. The zero-order chi connectivity index (χ0) is 22.3. The van der Waals surface area contributed by atoms with Crippen molar-refractivity contribution >= 4 is 11.2 Å². The van der Waals surface area contributed by atoms with Gasteiger partial charge in [0.1, 0.15) is 5.52 Å². The summed E-state index contributed by atoms with van der Waals surface area (Å²) in [5.74, 6) is 0. The van der Waals surface area contributed by atoms with Gasteiger partial charge in [-0.1, -0.05) is 6.92 Å². The largest absolute Gasteiger partial charge is 0.389 e. The summed E-state index contributed by atoms with van der Waals surface area (Å²) < 4.78 is 3.84. The van der Waals surface area contributed by atoms with Crippen molar-refractivity contribution < 1.29 is 5.11 Å². The molecule has 0 bridgehead atoms. The summed E-state index contributed by atoms with van der Waals surface area (Å²) in [7, 11) is 0. The lowest BCUT2D eigenvalue weighted by Crippen LogP contribution is -2.34. The van der Waals surface area contributed by atoms with Gasteiger partial charge < -0.3 is 15.0 Å². The molecule has 0 saturated carbocycles. The van der Waals surface area contributed by atoms with Gasteiger partial charge >= 0.3 is 0 Å². The fraction of sp³-hybridized carbons (Fsp3) is 0.478. The Labute approximate surface area is 187 Å². The molecule has 1 aliphatic rings. The second-order valence-electron chi connectivity index (χ2n) is 9.27. The van der Waals surface area contributed by atoms with Crippen molar-refractivity contribution in [2.75, 3.05) is 19.6 Å². The molecule has 2 N–H and O–H groups in total. The summed E-state index contributed by atoms with van der Waals surface area (Å²) in [6.07, 6.45) is 13.7. The van der Waals surface area contributed by atoms with E-state index in [-0.39, 0.29) is 0 Å². The van der Waals surface area contributed by atoms with Gasteiger partial charge in [-0.05, 0) is 33.2 Å². The maximum absolute atomic E-state index is 10.0. The number of rotatable bonds is 6. The van der Waals surface area contributed by atoms with E-state index in [4.69, 9.17) is 4.98 Å². The summed E-state index contributed by atoms with van der Waals surface area (Å²) in [6, 6.07) is 0.444. The first kappa shape index (κ1) is 20.8. The quantitative estimate of drug-likeness (QED) is 0.484. The van der Waals surface area contributed by atoms with Gasteiger partial charge in [-0.15, -0.1) is 0 Å². The number of nitrogens with zero attached hydrogens (tertiary/aromatic N) is 7. The van der Waals surface area contributed by atoms with E-state index in [1.54, 1.807) is 30.9 Å². The number of nitrogens with one attached hydrogen (secondary N) is 1. The van der Waals surface area contributed by atoms with Crippen molar-refractivity contribution in [1.82, 2.24) is 39.4 Å². The van der Waals surface area contributed by atoms with Crippen LogP contribution in [-0.4, -0.2) is 69.8 Å². The van der Waals surface area contributed by atoms with Crippen LogP contribution in [0, 0.1) is 0 Å². The highest BCUT2D eigenvalue weighted by Gasteiger charge is 2.21. The highest BCUT2D eigenvalue weighted by Crippen LogP contribution is 2.30. The smallest absolute Gasteiger partial charge is 0.156 e. The van der Waals surface area contributed by atoms with Gasteiger partial charge in [-0.25, -0.2) is 9.97 Å². The molecule has 0 aliphatic carbocycles. The molecule has 1 aliphatic heterocycles. The van der Waals surface area contributed by atoms with E-state index in [9.17, 15) is 5.11 Å². The van der Waals surface area contributed by atoms with Gasteiger partial charge in [-0.2, -0.15) is 10.2 Å². The molecule has 0 unspecified atom stereocenters. The van der Waals surface area contributed by atoms with Crippen LogP contribution in [0.25, 0.3) is 33.5 Å². The van der Waals surface area contributed by atoms with E-state index < -0.39 is 5.60 Å². The van der Waals surface area contributed by atoms with Crippen LogP contribution in [0.3, 0.4) is 0 Å². The summed E-state index contributed by atoms with van der Waals surface area (Å²) >= 11 is 0. The average molecular weight is 435 g/mol. The van der Waals surface area contributed by atoms with Gasteiger partial charge in [0.05, 0.1) is 42.5 Å². The van der Waals surface area contributed by atoms with Gasteiger partial charge in [-0.3, -0.25) is 9.36 Å². The molecule has 0 radical (unpaired) electrons. The van der Waals surface area contributed by atoms with E-state index in [1.165, 1.54) is 0 Å². The minimum absolute atomic E-state index is 0.411. The lowest BCUT2D eigenvalue weighted by Gasteiger charge is -2.31. The van der Waals surface area contributed by atoms with Crippen LogP contribution < -0.4 is 0 Å². The highest BCUT2D eigenvalue weighted by molar-refractivity contribution is 5.91. The third-order valence-electron chi connectivity index (χ3n) is 6.15. The maximum Gasteiger partial charge on any atom is 0.156 e. The number of aliphatic hydroxyl groups is 1. The first-order chi connectivity index (χ1) is 15.4. The SMILES string of the molecule is CCN1CCC(n2cc(-c3c[nH]c4ncc(-c5cnn(CC(C)(C)O)c5)nc34)cn2)CC1. The predicted molar refractivity (Wildman–Crippen MR) is 123 cm³/mol. The molecule has 1 saturated heterocycles. The molecule has 0 atom stereocenters. The van der Waals surface area contributed by atoms with Crippen molar-refractivity contribution in [2.24, 2.45) is 0 Å². The predicted octanol–water partition coefficient (Wildman–Crippen LogP) is 3.11. The fourth-order valence-electron chi connectivity index (χ4n) is 4.41. The number of fused-ring (bicyclic) bond motifs is 1. The minimum Gasteiger partial charge on any atom is -0.389 e. The summed E-state index contributed by atoms with van der Waals surface area (Å²) in [6.45, 7) is 9.52. The zero-order valence-corrected chi connectivity index (χ0v) is 18.9. The Kier molecular flexibility index (Phi) is 5.30. The molecule has 5 heterocycles. The van der Waals surface area contributed by atoms with Crippen LogP contribution in [0.15, 0.2) is 37.2 Å². The van der Waals surface area contributed by atoms with Crippen LogP contribution in [-0.2, 0) is 6.54 Å². The molecule has 0 aromatic carbocycles. The summed E-state index contributed by atoms with van der Waals surface area (Å²) in [5.41, 5.74) is 4.39. The van der Waals surface area contributed by atoms with E-state index in [0.29, 0.717) is 12.6 Å². The third kappa shape index (κ3) is 4.18. The first-order valence-electron chi connectivity index (χ1n) is 11.3. The molecule has 5 rings (SSSR count). The number of hydrogen-bond acceptors (Lipinski definition) is 6. The van der Waals surface area contributed by atoms with Gasteiger partial charge in [0.15, 0.2) is 5.65 Å². The molecule has 4 aromatic rings. The van der Waals surface area contributed by atoms with E-state index in [1.807, 2.05) is 18.6 Å². The average Bonchev–Trinajstić information content (AvgIpc) is 3.51. The van der Waals surface area contributed by atoms with E-state index >= 15 is 0 Å². The molecule has 9 nitrogen and oxygen atoms in total. The normalized spacial score (nSPS) is 16.2. The lowest BCUT2D eigenvalue weighted by molar-refractivity contribution is 0.0577. The van der Waals surface area contributed by atoms with Crippen LogP contribution in [0.5, 0.6) is 0 Å². The number of piperidine rings is 1. The highest BCUT2D eigenvalue weighted by atomic mass is 16.3. The van der Waals surface area contributed by atoms with Crippen molar-refractivity contribution in [3.05, 3.63) is 37.2 Å². The Morgan fingerprint density at radius 2 is 1.88 bits per heavy atom. The number of H-pyrrole nitrogens is 1. The first-order valence-corrected chi connectivity index (χ1v) is 11.3. The maximum atomic E-state index is 10.0. The molecular weight excluding hydrogens is 404 g/mol.